The fourth-order valence-electron chi connectivity index (χ4n) is 6.78. The van der Waals surface area contributed by atoms with Crippen LogP contribution in [0.4, 0.5) is 5.82 Å². The normalized spacial score (nSPS) is 22.9. The largest absolute Gasteiger partial charge is 0.352 e. The number of carbonyl (C=O) groups is 1. The van der Waals surface area contributed by atoms with Crippen molar-refractivity contribution in [3.8, 4) is 0 Å². The lowest BCUT2D eigenvalue weighted by molar-refractivity contribution is -0.137. The Morgan fingerprint density at radius 3 is 2.46 bits per heavy atom. The lowest BCUT2D eigenvalue weighted by Crippen LogP contribution is -2.51. The average molecular weight is 531 g/mol. The molecule has 3 aliphatic rings. The maximum absolute atomic E-state index is 13.4. The van der Waals surface area contributed by atoms with E-state index >= 15 is 0 Å². The van der Waals surface area contributed by atoms with Crippen LogP contribution in [0, 0.1) is 5.92 Å². The number of hydrogen-bond acceptors (Lipinski definition) is 7. The van der Waals surface area contributed by atoms with Crippen LogP contribution in [0.25, 0.3) is 11.0 Å². The summed E-state index contributed by atoms with van der Waals surface area (Å²) in [7, 11) is 0. The second kappa shape index (κ2) is 12.0. The number of likely N-dealkylation sites (tertiary alicyclic amines) is 1. The molecule has 1 aliphatic carbocycles. The number of anilines is 1. The van der Waals surface area contributed by atoms with Crippen LogP contribution in [0.3, 0.4) is 0 Å². The van der Waals surface area contributed by atoms with Crippen molar-refractivity contribution in [3.63, 3.8) is 0 Å². The molecular formula is C30H42N8O. The molecule has 0 unspecified atom stereocenters. The molecule has 39 heavy (non-hydrogen) atoms. The molecule has 5 heterocycles. The van der Waals surface area contributed by atoms with Crippen molar-refractivity contribution in [1.82, 2.24) is 34.5 Å². The fraction of sp³-hybridized carbons (Fsp3) is 0.633. The van der Waals surface area contributed by atoms with Gasteiger partial charge in [-0.2, -0.15) is 5.10 Å². The van der Waals surface area contributed by atoms with E-state index in [4.69, 9.17) is 4.98 Å². The Morgan fingerprint density at radius 1 is 0.923 bits per heavy atom. The van der Waals surface area contributed by atoms with Crippen molar-refractivity contribution in [3.05, 3.63) is 42.1 Å². The maximum Gasteiger partial charge on any atom is 0.225 e. The van der Waals surface area contributed by atoms with Gasteiger partial charge in [-0.05, 0) is 70.2 Å². The van der Waals surface area contributed by atoms with Crippen LogP contribution in [0.2, 0.25) is 0 Å². The lowest BCUT2D eigenvalue weighted by Gasteiger charge is -2.41. The molecule has 9 heteroatoms. The van der Waals surface area contributed by atoms with Crippen molar-refractivity contribution in [2.75, 3.05) is 44.2 Å². The number of aromatic nitrogens is 5. The summed E-state index contributed by atoms with van der Waals surface area (Å²) in [5, 5.41) is 5.60. The van der Waals surface area contributed by atoms with Gasteiger partial charge in [0.15, 0.2) is 5.65 Å². The van der Waals surface area contributed by atoms with Gasteiger partial charge in [-0.1, -0.05) is 25.8 Å². The van der Waals surface area contributed by atoms with Gasteiger partial charge in [0.2, 0.25) is 5.91 Å². The summed E-state index contributed by atoms with van der Waals surface area (Å²) < 4.78 is 1.92. The van der Waals surface area contributed by atoms with E-state index in [1.165, 1.54) is 45.2 Å². The van der Waals surface area contributed by atoms with Gasteiger partial charge >= 0.3 is 0 Å². The maximum atomic E-state index is 13.4. The summed E-state index contributed by atoms with van der Waals surface area (Å²) in [6.45, 7) is 8.33. The smallest absolute Gasteiger partial charge is 0.225 e. The van der Waals surface area contributed by atoms with Crippen LogP contribution in [-0.2, 0) is 17.8 Å². The zero-order valence-electron chi connectivity index (χ0n) is 23.3. The van der Waals surface area contributed by atoms with Crippen LogP contribution < -0.4 is 4.90 Å². The van der Waals surface area contributed by atoms with Gasteiger partial charge in [-0.25, -0.2) is 14.6 Å². The van der Waals surface area contributed by atoms with Gasteiger partial charge in [0.25, 0.3) is 0 Å². The average Bonchev–Trinajstić information content (AvgIpc) is 3.40. The summed E-state index contributed by atoms with van der Waals surface area (Å²) in [6, 6.07) is 6.90. The SMILES string of the molecule is CCCc1cccc(Cn2ncc3c(N4CCN(C(=O)C5CCC(N6CCCCC6)CC5)CC4)ncnc32)n1. The molecule has 2 aliphatic heterocycles. The Balaban J connectivity index is 1.06. The quantitative estimate of drug-likeness (QED) is 0.458. The highest BCUT2D eigenvalue weighted by molar-refractivity contribution is 5.87. The number of piperidine rings is 1. The molecule has 0 spiro atoms. The molecule has 0 bridgehead atoms. The summed E-state index contributed by atoms with van der Waals surface area (Å²) in [6.07, 6.45) is 14.1. The van der Waals surface area contributed by atoms with E-state index in [9.17, 15) is 4.79 Å². The van der Waals surface area contributed by atoms with E-state index in [0.29, 0.717) is 18.5 Å². The Labute approximate surface area is 231 Å². The second-order valence-corrected chi connectivity index (χ2v) is 11.5. The molecule has 0 radical (unpaired) electrons. The first-order chi connectivity index (χ1) is 19.2. The van der Waals surface area contributed by atoms with Gasteiger partial charge in [-0.3, -0.25) is 9.78 Å². The third-order valence-electron chi connectivity index (χ3n) is 8.94. The Hall–Kier alpha value is -3.07. The number of pyridine rings is 1. The highest BCUT2D eigenvalue weighted by atomic mass is 16.2. The first-order valence-electron chi connectivity index (χ1n) is 15.1. The van der Waals surface area contributed by atoms with Crippen LogP contribution in [0.15, 0.2) is 30.7 Å². The highest BCUT2D eigenvalue weighted by Gasteiger charge is 2.33. The Kier molecular flexibility index (Phi) is 8.04. The number of rotatable bonds is 7. The third-order valence-corrected chi connectivity index (χ3v) is 8.94. The predicted octanol–water partition coefficient (Wildman–Crippen LogP) is 3.92. The fourth-order valence-corrected chi connectivity index (χ4v) is 6.78. The topological polar surface area (TPSA) is 83.3 Å². The molecule has 0 aromatic carbocycles. The monoisotopic (exact) mass is 530 g/mol. The zero-order chi connectivity index (χ0) is 26.6. The summed E-state index contributed by atoms with van der Waals surface area (Å²) in [5.74, 6) is 1.48. The molecule has 1 saturated carbocycles. The van der Waals surface area contributed by atoms with E-state index in [2.05, 4.69) is 48.8 Å². The molecule has 0 atom stereocenters. The molecule has 3 fully saturated rings. The van der Waals surface area contributed by atoms with Crippen molar-refractivity contribution in [2.45, 2.75) is 77.3 Å². The van der Waals surface area contributed by atoms with Crippen LogP contribution in [0.5, 0.6) is 0 Å². The van der Waals surface area contributed by atoms with Crippen LogP contribution >= 0.6 is 0 Å². The van der Waals surface area contributed by atoms with Gasteiger partial charge < -0.3 is 14.7 Å². The van der Waals surface area contributed by atoms with E-state index < -0.39 is 0 Å². The van der Waals surface area contributed by atoms with Gasteiger partial charge in [0.1, 0.15) is 12.1 Å². The number of aryl methyl sites for hydroxylation is 1. The number of amides is 1. The molecule has 208 valence electrons. The van der Waals surface area contributed by atoms with E-state index in [1.54, 1.807) is 6.33 Å². The summed E-state index contributed by atoms with van der Waals surface area (Å²) in [4.78, 5) is 34.4. The van der Waals surface area contributed by atoms with Gasteiger partial charge in [-0.15, -0.1) is 0 Å². The van der Waals surface area contributed by atoms with E-state index in [-0.39, 0.29) is 5.92 Å². The number of fused-ring (bicyclic) bond motifs is 1. The number of piperazine rings is 1. The minimum atomic E-state index is 0.200. The minimum Gasteiger partial charge on any atom is -0.352 e. The van der Waals surface area contributed by atoms with Gasteiger partial charge in [0, 0.05) is 43.8 Å². The molecule has 1 amide bonds. The first-order valence-corrected chi connectivity index (χ1v) is 15.1. The lowest BCUT2D eigenvalue weighted by atomic mass is 9.83. The third kappa shape index (κ3) is 5.78. The van der Waals surface area contributed by atoms with Crippen molar-refractivity contribution in [1.29, 1.82) is 0 Å². The van der Waals surface area contributed by atoms with Crippen LogP contribution in [0.1, 0.15) is 69.7 Å². The van der Waals surface area contributed by atoms with Crippen molar-refractivity contribution < 1.29 is 4.79 Å². The van der Waals surface area contributed by atoms with Crippen molar-refractivity contribution in [2.24, 2.45) is 5.92 Å². The molecule has 0 N–H and O–H groups in total. The number of nitrogens with zero attached hydrogens (tertiary/aromatic N) is 8. The Bertz CT molecular complexity index is 1250. The molecule has 2 saturated heterocycles. The first kappa shape index (κ1) is 26.2. The van der Waals surface area contributed by atoms with Crippen molar-refractivity contribution >= 4 is 22.8 Å². The second-order valence-electron chi connectivity index (χ2n) is 11.5. The molecular weight excluding hydrogens is 488 g/mol. The number of carbonyl (C=O) groups excluding carboxylic acids is 1. The predicted molar refractivity (Wildman–Crippen MR) is 153 cm³/mol. The number of hydrogen-bond donors (Lipinski definition) is 0. The molecule has 3 aromatic rings. The zero-order valence-corrected chi connectivity index (χ0v) is 23.3. The standard InChI is InChI=1S/C30H42N8O/c1-2-7-24-8-6-9-25(34-24)21-38-29-27(20-33-38)28(31-22-32-29)36-16-18-37(19-17-36)30(39)23-10-12-26(13-11-23)35-14-4-3-5-15-35/h6,8-9,20,22-23,26H,2-5,7,10-19,21H2,1H3. The molecule has 3 aromatic heterocycles. The highest BCUT2D eigenvalue weighted by Crippen LogP contribution is 2.31. The Morgan fingerprint density at radius 2 is 1.69 bits per heavy atom. The summed E-state index contributed by atoms with van der Waals surface area (Å²) >= 11 is 0. The van der Waals surface area contributed by atoms with Crippen LogP contribution in [-0.4, -0.2) is 85.7 Å². The van der Waals surface area contributed by atoms with Gasteiger partial charge in [0.05, 0.1) is 23.8 Å². The van der Waals surface area contributed by atoms with E-state index in [0.717, 1.165) is 80.1 Å². The van der Waals surface area contributed by atoms with E-state index in [1.807, 2.05) is 16.9 Å². The minimum absolute atomic E-state index is 0.200. The summed E-state index contributed by atoms with van der Waals surface area (Å²) in [5.41, 5.74) is 2.93. The molecule has 6 rings (SSSR count). The molecule has 9 nitrogen and oxygen atoms in total.